The molecule has 1 saturated carbocycles. The molecule has 0 saturated heterocycles. The van der Waals surface area contributed by atoms with Crippen LogP contribution in [0.2, 0.25) is 5.02 Å². The first-order chi connectivity index (χ1) is 8.00. The van der Waals surface area contributed by atoms with Crippen LogP contribution in [0.5, 0.6) is 5.75 Å². The number of methoxy groups -OCH3 is 1. The molecule has 1 aromatic rings. The minimum absolute atomic E-state index is 0.143. The van der Waals surface area contributed by atoms with E-state index in [1.165, 1.54) is 0 Å². The maximum absolute atomic E-state index is 11.0. The number of carbonyl (C=O) groups is 1. The standard InChI is InChI=1S/C13H15ClO3/c1-8-9(14)3-4-10(17-2)12(8)13(5-6-13)7-11(15)16/h3-4H,5-7H2,1-2H3,(H,15,16). The van der Waals surface area contributed by atoms with Crippen LogP contribution in [-0.2, 0) is 10.2 Å². The van der Waals surface area contributed by atoms with Crippen molar-refractivity contribution in [3.63, 3.8) is 0 Å². The summed E-state index contributed by atoms with van der Waals surface area (Å²) in [6.07, 6.45) is 1.91. The zero-order valence-corrected chi connectivity index (χ0v) is 10.7. The van der Waals surface area contributed by atoms with E-state index in [0.29, 0.717) is 5.02 Å². The number of rotatable bonds is 4. The zero-order valence-electron chi connectivity index (χ0n) is 9.92. The third-order valence-corrected chi connectivity index (χ3v) is 3.86. The van der Waals surface area contributed by atoms with Gasteiger partial charge in [0.25, 0.3) is 0 Å². The number of hydrogen-bond donors (Lipinski definition) is 1. The summed E-state index contributed by atoms with van der Waals surface area (Å²) in [6, 6.07) is 3.60. The Balaban J connectivity index is 2.50. The molecule has 1 aliphatic rings. The molecule has 0 bridgehead atoms. The van der Waals surface area contributed by atoms with Gasteiger partial charge in [-0.2, -0.15) is 0 Å². The van der Waals surface area contributed by atoms with E-state index in [0.717, 1.165) is 29.7 Å². The Morgan fingerprint density at radius 1 is 1.53 bits per heavy atom. The Bertz CT molecular complexity index is 464. The van der Waals surface area contributed by atoms with Gasteiger partial charge in [-0.25, -0.2) is 0 Å². The SMILES string of the molecule is COc1ccc(Cl)c(C)c1C1(CC(=O)O)CC1. The predicted octanol–water partition coefficient (Wildman–Crippen LogP) is 3.16. The lowest BCUT2D eigenvalue weighted by Gasteiger charge is -2.20. The Morgan fingerprint density at radius 3 is 2.65 bits per heavy atom. The quantitative estimate of drug-likeness (QED) is 0.898. The highest BCUT2D eigenvalue weighted by Crippen LogP contribution is 2.55. The van der Waals surface area contributed by atoms with Crippen LogP contribution in [0.3, 0.4) is 0 Å². The van der Waals surface area contributed by atoms with E-state index >= 15 is 0 Å². The van der Waals surface area contributed by atoms with Gasteiger partial charge in [-0.05, 0) is 37.5 Å². The molecule has 0 aliphatic heterocycles. The van der Waals surface area contributed by atoms with Gasteiger partial charge in [0.1, 0.15) is 5.75 Å². The minimum atomic E-state index is -0.774. The predicted molar refractivity (Wildman–Crippen MR) is 65.9 cm³/mol. The molecule has 3 nitrogen and oxygen atoms in total. The van der Waals surface area contributed by atoms with Crippen LogP contribution in [-0.4, -0.2) is 18.2 Å². The molecule has 1 aromatic carbocycles. The van der Waals surface area contributed by atoms with Gasteiger partial charge in [0, 0.05) is 16.0 Å². The maximum atomic E-state index is 11.0. The fourth-order valence-corrected chi connectivity index (χ4v) is 2.60. The molecule has 2 rings (SSSR count). The van der Waals surface area contributed by atoms with Crippen LogP contribution in [0.1, 0.15) is 30.4 Å². The first-order valence-electron chi connectivity index (χ1n) is 5.55. The largest absolute Gasteiger partial charge is 0.496 e. The molecular formula is C13H15ClO3. The Morgan fingerprint density at radius 2 is 2.18 bits per heavy atom. The van der Waals surface area contributed by atoms with E-state index in [1.807, 2.05) is 13.0 Å². The van der Waals surface area contributed by atoms with Gasteiger partial charge < -0.3 is 9.84 Å². The number of carboxylic acid groups (broad SMARTS) is 1. The lowest BCUT2D eigenvalue weighted by molar-refractivity contribution is -0.137. The number of aliphatic carboxylic acids is 1. The zero-order chi connectivity index (χ0) is 12.6. The van der Waals surface area contributed by atoms with Crippen molar-refractivity contribution in [3.05, 3.63) is 28.3 Å². The van der Waals surface area contributed by atoms with Gasteiger partial charge in [0.2, 0.25) is 0 Å². The van der Waals surface area contributed by atoms with Gasteiger partial charge in [0.15, 0.2) is 0 Å². The number of hydrogen-bond acceptors (Lipinski definition) is 2. The van der Waals surface area contributed by atoms with Crippen LogP contribution in [0.25, 0.3) is 0 Å². The third-order valence-electron chi connectivity index (χ3n) is 3.45. The summed E-state index contributed by atoms with van der Waals surface area (Å²) in [4.78, 5) is 11.0. The molecule has 1 N–H and O–H groups in total. The van der Waals surface area contributed by atoms with Crippen molar-refractivity contribution in [2.45, 2.75) is 31.6 Å². The van der Waals surface area contributed by atoms with E-state index in [4.69, 9.17) is 21.4 Å². The van der Waals surface area contributed by atoms with E-state index in [9.17, 15) is 4.79 Å². The first-order valence-corrected chi connectivity index (χ1v) is 5.93. The summed E-state index contributed by atoms with van der Waals surface area (Å²) in [5.74, 6) is -0.0328. The van der Waals surface area contributed by atoms with Crippen LogP contribution in [0.4, 0.5) is 0 Å². The molecule has 4 heteroatoms. The Labute approximate surface area is 105 Å². The second-order valence-corrected chi connectivity index (χ2v) is 5.01. The van der Waals surface area contributed by atoms with Crippen molar-refractivity contribution in [2.75, 3.05) is 7.11 Å². The Kier molecular flexibility index (Phi) is 3.04. The topological polar surface area (TPSA) is 46.5 Å². The highest BCUT2D eigenvalue weighted by atomic mass is 35.5. The second kappa shape index (κ2) is 4.22. The maximum Gasteiger partial charge on any atom is 0.304 e. The molecule has 0 aromatic heterocycles. The summed E-state index contributed by atoms with van der Waals surface area (Å²) in [5.41, 5.74) is 1.63. The van der Waals surface area contributed by atoms with Crippen molar-refractivity contribution in [3.8, 4) is 5.75 Å². The monoisotopic (exact) mass is 254 g/mol. The molecule has 0 heterocycles. The highest BCUT2D eigenvalue weighted by molar-refractivity contribution is 6.31. The van der Waals surface area contributed by atoms with Crippen molar-refractivity contribution in [1.82, 2.24) is 0 Å². The number of carboxylic acids is 1. The highest BCUT2D eigenvalue weighted by Gasteiger charge is 2.48. The lowest BCUT2D eigenvalue weighted by atomic mass is 9.88. The summed E-state index contributed by atoms with van der Waals surface area (Å²) < 4.78 is 5.34. The number of ether oxygens (including phenoxy) is 1. The van der Waals surface area contributed by atoms with Crippen LogP contribution >= 0.6 is 11.6 Å². The third kappa shape index (κ3) is 2.12. The average molecular weight is 255 g/mol. The molecule has 0 unspecified atom stereocenters. The lowest BCUT2D eigenvalue weighted by Crippen LogP contribution is -2.15. The summed E-state index contributed by atoms with van der Waals surface area (Å²) >= 11 is 6.11. The first kappa shape index (κ1) is 12.2. The molecule has 1 fully saturated rings. The summed E-state index contributed by atoms with van der Waals surface area (Å²) in [7, 11) is 1.60. The summed E-state index contributed by atoms with van der Waals surface area (Å²) in [6.45, 7) is 1.92. The smallest absolute Gasteiger partial charge is 0.304 e. The summed E-state index contributed by atoms with van der Waals surface area (Å²) in [5, 5.41) is 9.66. The van der Waals surface area contributed by atoms with E-state index in [1.54, 1.807) is 13.2 Å². The van der Waals surface area contributed by atoms with Crippen molar-refractivity contribution >= 4 is 17.6 Å². The van der Waals surface area contributed by atoms with E-state index in [-0.39, 0.29) is 11.8 Å². The molecule has 1 aliphatic carbocycles. The molecule has 0 spiro atoms. The normalized spacial score (nSPS) is 16.6. The van der Waals surface area contributed by atoms with Crippen LogP contribution in [0, 0.1) is 6.92 Å². The molecule has 92 valence electrons. The van der Waals surface area contributed by atoms with Crippen molar-refractivity contribution in [2.24, 2.45) is 0 Å². The molecule has 0 radical (unpaired) electrons. The van der Waals surface area contributed by atoms with Crippen LogP contribution < -0.4 is 4.74 Å². The van der Waals surface area contributed by atoms with E-state index < -0.39 is 5.97 Å². The van der Waals surface area contributed by atoms with Crippen molar-refractivity contribution in [1.29, 1.82) is 0 Å². The fraction of sp³-hybridized carbons (Fsp3) is 0.462. The molecule has 0 atom stereocenters. The molecule has 0 amide bonds. The Hall–Kier alpha value is -1.22. The molecule has 17 heavy (non-hydrogen) atoms. The van der Waals surface area contributed by atoms with Crippen molar-refractivity contribution < 1.29 is 14.6 Å². The minimum Gasteiger partial charge on any atom is -0.496 e. The number of halogens is 1. The van der Waals surface area contributed by atoms with Gasteiger partial charge in [-0.1, -0.05) is 11.6 Å². The van der Waals surface area contributed by atoms with Gasteiger partial charge in [-0.3, -0.25) is 4.79 Å². The van der Waals surface area contributed by atoms with Gasteiger partial charge in [-0.15, -0.1) is 0 Å². The van der Waals surface area contributed by atoms with Gasteiger partial charge in [0.05, 0.1) is 13.5 Å². The van der Waals surface area contributed by atoms with Crippen LogP contribution in [0.15, 0.2) is 12.1 Å². The van der Waals surface area contributed by atoms with Gasteiger partial charge >= 0.3 is 5.97 Å². The van der Waals surface area contributed by atoms with E-state index in [2.05, 4.69) is 0 Å². The second-order valence-electron chi connectivity index (χ2n) is 4.60. The fourth-order valence-electron chi connectivity index (χ4n) is 2.45. The molecular weight excluding hydrogens is 240 g/mol. The average Bonchev–Trinajstić information content (AvgIpc) is 3.01. The number of benzene rings is 1.